The van der Waals surface area contributed by atoms with Crippen LogP contribution in [0.1, 0.15) is 18.9 Å². The highest BCUT2D eigenvalue weighted by Crippen LogP contribution is 2.60. The van der Waals surface area contributed by atoms with Crippen molar-refractivity contribution in [3.63, 3.8) is 0 Å². The molecule has 0 unspecified atom stereocenters. The van der Waals surface area contributed by atoms with Gasteiger partial charge in [-0.3, -0.25) is 4.79 Å². The number of cyclic esters (lactones) is 1. The summed E-state index contributed by atoms with van der Waals surface area (Å²) < 4.78 is 5.80. The van der Waals surface area contributed by atoms with Crippen LogP contribution in [0.25, 0.3) is 0 Å². The average molecular weight is 240 g/mol. The Hall–Kier alpha value is -1.57. The maximum Gasteiger partial charge on any atom is 0.310 e. The van der Waals surface area contributed by atoms with Crippen molar-refractivity contribution in [1.82, 2.24) is 0 Å². The Bertz CT molecular complexity index is 533. The van der Waals surface area contributed by atoms with E-state index in [1.165, 1.54) is 0 Å². The number of ether oxygens (including phenoxy) is 1. The van der Waals surface area contributed by atoms with Crippen molar-refractivity contribution < 1.29 is 9.53 Å². The lowest BCUT2D eigenvalue weighted by atomic mass is 9.72. The number of allylic oxidation sites excluding steroid dienone is 2. The maximum atomic E-state index is 12.2. The molecule has 0 spiro atoms. The molecule has 1 saturated heterocycles. The zero-order valence-electron chi connectivity index (χ0n) is 10.4. The number of rotatable bonds is 1. The highest BCUT2D eigenvalue weighted by atomic mass is 16.6. The number of benzene rings is 1. The van der Waals surface area contributed by atoms with Gasteiger partial charge < -0.3 is 4.74 Å². The van der Waals surface area contributed by atoms with Crippen LogP contribution in [-0.2, 0) is 15.1 Å². The lowest BCUT2D eigenvalue weighted by Crippen LogP contribution is -2.33. The molecule has 1 heterocycles. The predicted molar refractivity (Wildman–Crippen MR) is 67.6 cm³/mol. The highest BCUT2D eigenvalue weighted by molar-refractivity contribution is 5.78. The topological polar surface area (TPSA) is 26.3 Å². The molecule has 1 aromatic rings. The van der Waals surface area contributed by atoms with E-state index in [1.807, 2.05) is 18.2 Å². The molecule has 2 nitrogen and oxygen atoms in total. The number of hydrogen-bond donors (Lipinski definition) is 0. The van der Waals surface area contributed by atoms with Crippen LogP contribution in [-0.4, -0.2) is 5.97 Å². The summed E-state index contributed by atoms with van der Waals surface area (Å²) >= 11 is 0. The molecular formula is C16H16O2. The normalized spacial score (nSPS) is 44.2. The largest absolute Gasteiger partial charge is 0.454 e. The van der Waals surface area contributed by atoms with Crippen molar-refractivity contribution >= 4 is 5.97 Å². The third-order valence-electron chi connectivity index (χ3n) is 5.03. The molecule has 92 valence electrons. The molecule has 5 atom stereocenters. The first-order chi connectivity index (χ1) is 8.70. The van der Waals surface area contributed by atoms with Gasteiger partial charge in [-0.25, -0.2) is 0 Å². The van der Waals surface area contributed by atoms with Crippen LogP contribution in [0, 0.1) is 23.7 Å². The molecule has 1 saturated carbocycles. The molecular weight excluding hydrogens is 224 g/mol. The zero-order chi connectivity index (χ0) is 12.3. The van der Waals surface area contributed by atoms with E-state index in [1.54, 1.807) is 0 Å². The van der Waals surface area contributed by atoms with Gasteiger partial charge in [0.1, 0.15) is 5.60 Å². The summed E-state index contributed by atoms with van der Waals surface area (Å²) in [5.74, 6) is 1.34. The number of hydrogen-bond acceptors (Lipinski definition) is 2. The maximum absolute atomic E-state index is 12.2. The fourth-order valence-corrected chi connectivity index (χ4v) is 4.26. The van der Waals surface area contributed by atoms with Crippen molar-refractivity contribution in [1.29, 1.82) is 0 Å². The average Bonchev–Trinajstić information content (AvgIpc) is 3.05. The molecule has 0 radical (unpaired) electrons. The molecule has 3 aliphatic rings. The van der Waals surface area contributed by atoms with E-state index in [0.29, 0.717) is 17.8 Å². The Labute approximate surface area is 107 Å². The van der Waals surface area contributed by atoms with Crippen LogP contribution in [0.15, 0.2) is 42.5 Å². The van der Waals surface area contributed by atoms with Gasteiger partial charge in [0.25, 0.3) is 0 Å². The van der Waals surface area contributed by atoms with Crippen LogP contribution in [0.5, 0.6) is 0 Å². The first-order valence-electron chi connectivity index (χ1n) is 6.67. The summed E-state index contributed by atoms with van der Waals surface area (Å²) in [5.41, 5.74) is 0.694. The third-order valence-corrected chi connectivity index (χ3v) is 5.03. The van der Waals surface area contributed by atoms with Crippen molar-refractivity contribution in [2.24, 2.45) is 23.7 Å². The van der Waals surface area contributed by atoms with Crippen LogP contribution in [0.3, 0.4) is 0 Å². The first-order valence-corrected chi connectivity index (χ1v) is 6.67. The Morgan fingerprint density at radius 3 is 2.67 bits per heavy atom. The van der Waals surface area contributed by atoms with Crippen LogP contribution in [0.2, 0.25) is 0 Å². The minimum Gasteiger partial charge on any atom is -0.454 e. The molecule has 18 heavy (non-hydrogen) atoms. The second-order valence-electron chi connectivity index (χ2n) is 5.89. The molecule has 2 aliphatic carbocycles. The molecule has 2 bridgehead atoms. The van der Waals surface area contributed by atoms with Gasteiger partial charge in [-0.2, -0.15) is 0 Å². The smallest absolute Gasteiger partial charge is 0.310 e. The number of carbonyl (C=O) groups is 1. The Morgan fingerprint density at radius 1 is 1.17 bits per heavy atom. The summed E-state index contributed by atoms with van der Waals surface area (Å²) in [7, 11) is 0. The minimum absolute atomic E-state index is 0.00297. The molecule has 0 N–H and O–H groups in total. The summed E-state index contributed by atoms with van der Waals surface area (Å²) in [6, 6.07) is 10.2. The molecule has 0 aromatic heterocycles. The number of fused-ring (bicyclic) bond motifs is 5. The van der Waals surface area contributed by atoms with Crippen molar-refractivity contribution in [2.75, 3.05) is 0 Å². The van der Waals surface area contributed by atoms with Gasteiger partial charge in [-0.05, 0) is 30.7 Å². The highest BCUT2D eigenvalue weighted by Gasteiger charge is 2.63. The molecule has 4 rings (SSSR count). The Morgan fingerprint density at radius 2 is 1.89 bits per heavy atom. The standard InChI is InChI=1S/C16H16O2/c1-16(12-5-3-2-4-6-12)14-11-8-7-10(9-11)13(14)15(17)18-16/h2-8,10-11,13-14H,9H2,1H3/t10-,11+,13-,14+,16-/m0/s1. The van der Waals surface area contributed by atoms with Crippen LogP contribution < -0.4 is 0 Å². The quantitative estimate of drug-likeness (QED) is 0.557. The molecule has 2 fully saturated rings. The third kappa shape index (κ3) is 1.11. The van der Waals surface area contributed by atoms with Crippen LogP contribution in [0.4, 0.5) is 0 Å². The summed E-state index contributed by atoms with van der Waals surface area (Å²) in [6.07, 6.45) is 5.63. The van der Waals surface area contributed by atoms with Crippen molar-refractivity contribution in [3.8, 4) is 0 Å². The van der Waals surface area contributed by atoms with Crippen molar-refractivity contribution in [2.45, 2.75) is 18.9 Å². The second kappa shape index (κ2) is 3.25. The second-order valence-corrected chi connectivity index (χ2v) is 5.89. The van der Waals surface area contributed by atoms with Crippen LogP contribution >= 0.6 is 0 Å². The lowest BCUT2D eigenvalue weighted by molar-refractivity contribution is -0.152. The van der Waals surface area contributed by atoms with E-state index in [4.69, 9.17) is 4.74 Å². The number of carbonyl (C=O) groups excluding carboxylic acids is 1. The molecule has 0 amide bonds. The van der Waals surface area contributed by atoms with Gasteiger partial charge in [0.05, 0.1) is 5.92 Å². The van der Waals surface area contributed by atoms with Gasteiger partial charge in [0.15, 0.2) is 0 Å². The molecule has 2 heteroatoms. The SMILES string of the molecule is C[C@@]1(c2ccccc2)OC(=O)[C@@H]2[C@H]1[C@@H]1C=C[C@H]2C1. The monoisotopic (exact) mass is 240 g/mol. The van der Waals surface area contributed by atoms with E-state index < -0.39 is 5.60 Å². The summed E-state index contributed by atoms with van der Waals surface area (Å²) in [4.78, 5) is 12.2. The first kappa shape index (κ1) is 10.4. The van der Waals surface area contributed by atoms with E-state index in [9.17, 15) is 4.79 Å². The van der Waals surface area contributed by atoms with Gasteiger partial charge >= 0.3 is 5.97 Å². The summed E-state index contributed by atoms with van der Waals surface area (Å²) in [5, 5.41) is 0. The van der Waals surface area contributed by atoms with Gasteiger partial charge in [-0.1, -0.05) is 42.5 Å². The lowest BCUT2D eigenvalue weighted by Gasteiger charge is -2.32. The van der Waals surface area contributed by atoms with E-state index in [0.717, 1.165) is 12.0 Å². The fraction of sp³-hybridized carbons (Fsp3) is 0.438. The zero-order valence-corrected chi connectivity index (χ0v) is 10.4. The Balaban J connectivity index is 1.83. The Kier molecular flexibility index (Phi) is 1.87. The minimum atomic E-state index is -0.437. The summed E-state index contributed by atoms with van der Waals surface area (Å²) in [6.45, 7) is 2.08. The molecule has 1 aromatic carbocycles. The predicted octanol–water partition coefficient (Wildman–Crippen LogP) is 2.90. The van der Waals surface area contributed by atoms with E-state index in [-0.39, 0.29) is 11.9 Å². The van der Waals surface area contributed by atoms with Gasteiger partial charge in [-0.15, -0.1) is 0 Å². The van der Waals surface area contributed by atoms with Gasteiger partial charge in [0.2, 0.25) is 0 Å². The van der Waals surface area contributed by atoms with E-state index >= 15 is 0 Å². The fourth-order valence-electron chi connectivity index (χ4n) is 4.26. The van der Waals surface area contributed by atoms with Gasteiger partial charge in [0, 0.05) is 5.92 Å². The molecule has 1 aliphatic heterocycles. The van der Waals surface area contributed by atoms with E-state index in [2.05, 4.69) is 31.2 Å². The number of esters is 1. The van der Waals surface area contributed by atoms with Crippen molar-refractivity contribution in [3.05, 3.63) is 48.0 Å².